The normalized spacial score (nSPS) is 40.2. The number of rotatable bonds is 5. The molecule has 2 bridgehead atoms. The van der Waals surface area contributed by atoms with Crippen LogP contribution in [0.15, 0.2) is 0 Å². The number of carbonyl (C=O) groups is 1. The van der Waals surface area contributed by atoms with Crippen LogP contribution >= 0.6 is 0 Å². The molecule has 3 fully saturated rings. The van der Waals surface area contributed by atoms with E-state index >= 15 is 0 Å². The SMILES string of the molecule is CC1(CCCCC=O)CCC2CC1C2(C)C. The molecule has 0 spiro atoms. The Morgan fingerprint density at radius 2 is 2.00 bits per heavy atom. The highest BCUT2D eigenvalue weighted by Crippen LogP contribution is 2.67. The second kappa shape index (κ2) is 4.16. The first-order valence-corrected chi connectivity index (χ1v) is 6.94. The van der Waals surface area contributed by atoms with E-state index in [0.717, 1.165) is 31.0 Å². The van der Waals surface area contributed by atoms with Gasteiger partial charge < -0.3 is 4.79 Å². The zero-order valence-corrected chi connectivity index (χ0v) is 11.1. The predicted octanol–water partition coefficient (Wildman–Crippen LogP) is 4.21. The maximum atomic E-state index is 10.3. The average molecular weight is 222 g/mol. The van der Waals surface area contributed by atoms with Crippen molar-refractivity contribution in [3.8, 4) is 0 Å². The molecule has 3 saturated carbocycles. The Labute approximate surface area is 100.0 Å². The number of hydrogen-bond acceptors (Lipinski definition) is 1. The molecule has 1 heteroatoms. The van der Waals surface area contributed by atoms with E-state index in [1.54, 1.807) is 0 Å². The van der Waals surface area contributed by atoms with E-state index in [2.05, 4.69) is 20.8 Å². The van der Waals surface area contributed by atoms with Crippen molar-refractivity contribution >= 4 is 6.29 Å². The summed E-state index contributed by atoms with van der Waals surface area (Å²) < 4.78 is 0. The van der Waals surface area contributed by atoms with Gasteiger partial charge in [0.1, 0.15) is 6.29 Å². The maximum Gasteiger partial charge on any atom is 0.119 e. The highest BCUT2D eigenvalue weighted by atomic mass is 16.1. The lowest BCUT2D eigenvalue weighted by atomic mass is 9.40. The summed E-state index contributed by atoms with van der Waals surface area (Å²) in [5.74, 6) is 1.94. The van der Waals surface area contributed by atoms with Crippen LogP contribution in [0.4, 0.5) is 0 Å². The lowest BCUT2D eigenvalue weighted by molar-refractivity contribution is -0.153. The van der Waals surface area contributed by atoms with Crippen LogP contribution in [0.25, 0.3) is 0 Å². The zero-order valence-electron chi connectivity index (χ0n) is 11.1. The van der Waals surface area contributed by atoms with Gasteiger partial charge in [0.05, 0.1) is 0 Å². The number of carbonyl (C=O) groups excluding carboxylic acids is 1. The van der Waals surface area contributed by atoms with Crippen LogP contribution in [0.1, 0.15) is 65.7 Å². The van der Waals surface area contributed by atoms with Gasteiger partial charge in [0.2, 0.25) is 0 Å². The summed E-state index contributed by atoms with van der Waals surface area (Å²) in [5.41, 5.74) is 1.17. The molecule has 3 unspecified atom stereocenters. The predicted molar refractivity (Wildman–Crippen MR) is 67.3 cm³/mol. The van der Waals surface area contributed by atoms with Gasteiger partial charge in [-0.2, -0.15) is 0 Å². The van der Waals surface area contributed by atoms with E-state index in [-0.39, 0.29) is 0 Å². The zero-order chi connectivity index (χ0) is 11.8. The van der Waals surface area contributed by atoms with E-state index in [1.165, 1.54) is 32.1 Å². The summed E-state index contributed by atoms with van der Waals surface area (Å²) in [7, 11) is 0. The second-order valence-corrected chi connectivity index (χ2v) is 6.91. The van der Waals surface area contributed by atoms with Crippen molar-refractivity contribution in [3.63, 3.8) is 0 Å². The van der Waals surface area contributed by atoms with Crippen LogP contribution in [-0.4, -0.2) is 6.29 Å². The molecule has 92 valence electrons. The van der Waals surface area contributed by atoms with E-state index < -0.39 is 0 Å². The first kappa shape index (κ1) is 12.1. The fourth-order valence-corrected chi connectivity index (χ4v) is 4.42. The molecule has 1 nitrogen and oxygen atoms in total. The molecule has 3 aliphatic rings. The van der Waals surface area contributed by atoms with Crippen molar-refractivity contribution in [2.45, 2.75) is 65.7 Å². The fraction of sp³-hybridized carbons (Fsp3) is 0.933. The molecular weight excluding hydrogens is 196 g/mol. The second-order valence-electron chi connectivity index (χ2n) is 6.91. The van der Waals surface area contributed by atoms with Crippen LogP contribution in [0.3, 0.4) is 0 Å². The Morgan fingerprint density at radius 3 is 2.56 bits per heavy atom. The summed E-state index contributed by atoms with van der Waals surface area (Å²) in [6, 6.07) is 0. The summed E-state index contributed by atoms with van der Waals surface area (Å²) >= 11 is 0. The number of unbranched alkanes of at least 4 members (excludes halogenated alkanes) is 2. The molecule has 0 aromatic heterocycles. The molecule has 0 saturated heterocycles. The van der Waals surface area contributed by atoms with E-state index in [9.17, 15) is 4.79 Å². The molecule has 0 heterocycles. The molecule has 0 N–H and O–H groups in total. The third-order valence-corrected chi connectivity index (χ3v) is 5.70. The monoisotopic (exact) mass is 222 g/mol. The minimum absolute atomic E-state index is 0.571. The first-order chi connectivity index (χ1) is 7.50. The van der Waals surface area contributed by atoms with Gasteiger partial charge in [0.25, 0.3) is 0 Å². The summed E-state index contributed by atoms with van der Waals surface area (Å²) in [6.07, 6.45) is 9.82. The van der Waals surface area contributed by atoms with Crippen molar-refractivity contribution < 1.29 is 4.79 Å². The molecule has 3 aliphatic carbocycles. The third-order valence-electron chi connectivity index (χ3n) is 5.70. The Bertz CT molecular complexity index is 267. The molecule has 0 radical (unpaired) electrons. The van der Waals surface area contributed by atoms with Gasteiger partial charge in [-0.25, -0.2) is 0 Å². The topological polar surface area (TPSA) is 17.1 Å². The summed E-state index contributed by atoms with van der Waals surface area (Å²) in [5, 5.41) is 0. The lowest BCUT2D eigenvalue weighted by Crippen LogP contribution is -2.56. The van der Waals surface area contributed by atoms with Gasteiger partial charge in [-0.05, 0) is 54.8 Å². The molecule has 0 aliphatic heterocycles. The molecule has 16 heavy (non-hydrogen) atoms. The lowest BCUT2D eigenvalue weighted by Gasteiger charge is -2.65. The Kier molecular flexibility index (Phi) is 3.16. The van der Waals surface area contributed by atoms with Gasteiger partial charge in [-0.1, -0.05) is 27.2 Å². The van der Waals surface area contributed by atoms with E-state index in [1.807, 2.05) is 0 Å². The smallest absolute Gasteiger partial charge is 0.119 e. The van der Waals surface area contributed by atoms with Gasteiger partial charge in [-0.3, -0.25) is 0 Å². The molecule has 0 amide bonds. The van der Waals surface area contributed by atoms with Gasteiger partial charge >= 0.3 is 0 Å². The quantitative estimate of drug-likeness (QED) is 0.503. The molecular formula is C15H26O. The number of aldehydes is 1. The summed E-state index contributed by atoms with van der Waals surface area (Å²) in [6.45, 7) is 7.43. The third kappa shape index (κ3) is 1.83. The number of fused-ring (bicyclic) bond motifs is 2. The molecule has 3 rings (SSSR count). The Morgan fingerprint density at radius 1 is 1.25 bits per heavy atom. The van der Waals surface area contributed by atoms with Crippen LogP contribution in [-0.2, 0) is 4.79 Å². The fourth-order valence-electron chi connectivity index (χ4n) is 4.42. The highest BCUT2D eigenvalue weighted by molar-refractivity contribution is 5.48. The minimum atomic E-state index is 0.571. The molecule has 3 atom stereocenters. The number of hydrogen-bond donors (Lipinski definition) is 0. The van der Waals surface area contributed by atoms with E-state index in [4.69, 9.17) is 0 Å². The maximum absolute atomic E-state index is 10.3. The first-order valence-electron chi connectivity index (χ1n) is 6.94. The van der Waals surface area contributed by atoms with Crippen LogP contribution < -0.4 is 0 Å². The summed E-state index contributed by atoms with van der Waals surface area (Å²) in [4.78, 5) is 10.3. The van der Waals surface area contributed by atoms with Gasteiger partial charge in [0, 0.05) is 6.42 Å². The average Bonchev–Trinajstić information content (AvgIpc) is 2.24. The Balaban J connectivity index is 1.89. The molecule has 0 aromatic rings. The van der Waals surface area contributed by atoms with Crippen molar-refractivity contribution in [3.05, 3.63) is 0 Å². The molecule has 0 aromatic carbocycles. The van der Waals surface area contributed by atoms with Gasteiger partial charge in [0.15, 0.2) is 0 Å². The van der Waals surface area contributed by atoms with Crippen molar-refractivity contribution in [1.29, 1.82) is 0 Å². The van der Waals surface area contributed by atoms with Crippen LogP contribution in [0.5, 0.6) is 0 Å². The van der Waals surface area contributed by atoms with Crippen LogP contribution in [0.2, 0.25) is 0 Å². The largest absolute Gasteiger partial charge is 0.303 e. The van der Waals surface area contributed by atoms with Gasteiger partial charge in [-0.15, -0.1) is 0 Å². The van der Waals surface area contributed by atoms with Crippen LogP contribution in [0, 0.1) is 22.7 Å². The Hall–Kier alpha value is -0.330. The standard InChI is InChI=1S/C15H26O/c1-14(2)12-7-9-15(3,13(14)11-12)8-5-4-6-10-16/h10,12-13H,4-9,11H2,1-3H3. The van der Waals surface area contributed by atoms with Crippen molar-refractivity contribution in [1.82, 2.24) is 0 Å². The van der Waals surface area contributed by atoms with Crippen molar-refractivity contribution in [2.24, 2.45) is 22.7 Å². The minimum Gasteiger partial charge on any atom is -0.303 e. The van der Waals surface area contributed by atoms with Crippen molar-refractivity contribution in [2.75, 3.05) is 0 Å². The van der Waals surface area contributed by atoms with E-state index in [0.29, 0.717) is 10.8 Å². The highest BCUT2D eigenvalue weighted by Gasteiger charge is 2.58.